The highest BCUT2D eigenvalue weighted by Crippen LogP contribution is 2.31. The maximum absolute atomic E-state index is 12.6. The molecular formula is C22H20N2O4. The van der Waals surface area contributed by atoms with Crippen molar-refractivity contribution < 1.29 is 14.0 Å². The highest BCUT2D eigenvalue weighted by molar-refractivity contribution is 6.06. The Labute approximate surface area is 161 Å². The van der Waals surface area contributed by atoms with Crippen LogP contribution < -0.4 is 10.9 Å². The van der Waals surface area contributed by atoms with Crippen molar-refractivity contribution in [1.29, 1.82) is 0 Å². The lowest BCUT2D eigenvalue weighted by Crippen LogP contribution is -2.29. The minimum atomic E-state index is -0.534. The van der Waals surface area contributed by atoms with Crippen LogP contribution in [0.1, 0.15) is 55.6 Å². The number of carbonyl (C=O) groups excluding carboxylic acids is 2. The second-order valence-corrected chi connectivity index (χ2v) is 7.20. The maximum Gasteiger partial charge on any atom is 0.261 e. The molecule has 1 amide bonds. The number of aromatic amines is 1. The fraction of sp³-hybridized carbons (Fsp3) is 0.227. The summed E-state index contributed by atoms with van der Waals surface area (Å²) in [7, 11) is 0. The third kappa shape index (κ3) is 3.29. The van der Waals surface area contributed by atoms with E-state index >= 15 is 0 Å². The second-order valence-electron chi connectivity index (χ2n) is 7.20. The van der Waals surface area contributed by atoms with E-state index in [4.69, 9.17) is 4.42 Å². The van der Waals surface area contributed by atoms with E-state index in [9.17, 15) is 14.4 Å². The van der Waals surface area contributed by atoms with Gasteiger partial charge in [-0.3, -0.25) is 14.4 Å². The number of nitrogens with one attached hydrogen (secondary N) is 2. The number of fused-ring (bicyclic) bond motifs is 1. The van der Waals surface area contributed by atoms with Crippen molar-refractivity contribution in [2.45, 2.75) is 32.6 Å². The van der Waals surface area contributed by atoms with Gasteiger partial charge < -0.3 is 14.7 Å². The Morgan fingerprint density at radius 3 is 2.64 bits per heavy atom. The fourth-order valence-electron chi connectivity index (χ4n) is 3.54. The fourth-order valence-corrected chi connectivity index (χ4v) is 3.54. The molecule has 1 aliphatic carbocycles. The Bertz CT molecular complexity index is 1130. The van der Waals surface area contributed by atoms with E-state index in [0.29, 0.717) is 23.4 Å². The Morgan fingerprint density at radius 2 is 1.93 bits per heavy atom. The number of benzene rings is 1. The standard InChI is InChI=1S/C22H20N2O4/c1-12-5-6-15(8-13(12)2)23-21(26)17-11-16-18(24-22(17)27)9-14(10-19(16)25)20-4-3-7-28-20/h3-8,11,14H,9-10H2,1-2H3,(H,23,26)(H,24,27). The van der Waals surface area contributed by atoms with Crippen LogP contribution in [-0.4, -0.2) is 16.7 Å². The molecule has 6 heteroatoms. The monoisotopic (exact) mass is 376 g/mol. The van der Waals surface area contributed by atoms with Gasteiger partial charge in [0, 0.05) is 29.3 Å². The zero-order chi connectivity index (χ0) is 19.8. The number of rotatable bonds is 3. The van der Waals surface area contributed by atoms with Crippen LogP contribution in [0.2, 0.25) is 0 Å². The van der Waals surface area contributed by atoms with E-state index < -0.39 is 11.5 Å². The molecule has 0 saturated heterocycles. The summed E-state index contributed by atoms with van der Waals surface area (Å²) >= 11 is 0. The van der Waals surface area contributed by atoms with E-state index in [1.54, 1.807) is 18.4 Å². The largest absolute Gasteiger partial charge is 0.469 e. The summed E-state index contributed by atoms with van der Waals surface area (Å²) in [5.74, 6) is -0.0374. The number of Topliss-reactive ketones (excluding diaryl/α,β-unsaturated/α-hetero) is 1. The Balaban J connectivity index is 1.62. The van der Waals surface area contributed by atoms with Gasteiger partial charge in [-0.1, -0.05) is 6.07 Å². The third-order valence-electron chi connectivity index (χ3n) is 5.26. The van der Waals surface area contributed by atoms with Crippen molar-refractivity contribution in [2.24, 2.45) is 0 Å². The number of furan rings is 1. The summed E-state index contributed by atoms with van der Waals surface area (Å²) in [5, 5.41) is 2.73. The number of hydrogen-bond acceptors (Lipinski definition) is 4. The van der Waals surface area contributed by atoms with Crippen LogP contribution in [0.3, 0.4) is 0 Å². The normalized spacial score (nSPS) is 15.9. The van der Waals surface area contributed by atoms with Crippen molar-refractivity contribution in [2.75, 3.05) is 5.32 Å². The molecule has 1 unspecified atom stereocenters. The molecule has 6 nitrogen and oxygen atoms in total. The molecule has 28 heavy (non-hydrogen) atoms. The van der Waals surface area contributed by atoms with Crippen LogP contribution in [-0.2, 0) is 6.42 Å². The van der Waals surface area contributed by atoms with Crippen molar-refractivity contribution in [3.63, 3.8) is 0 Å². The summed E-state index contributed by atoms with van der Waals surface area (Å²) in [6, 6.07) is 10.5. The molecule has 0 bridgehead atoms. The lowest BCUT2D eigenvalue weighted by Gasteiger charge is -2.22. The molecule has 0 radical (unpaired) electrons. The van der Waals surface area contributed by atoms with Crippen LogP contribution >= 0.6 is 0 Å². The average molecular weight is 376 g/mol. The van der Waals surface area contributed by atoms with E-state index in [0.717, 1.165) is 16.9 Å². The molecule has 2 aromatic heterocycles. The highest BCUT2D eigenvalue weighted by atomic mass is 16.3. The zero-order valence-corrected chi connectivity index (χ0v) is 15.7. The first-order valence-electron chi connectivity index (χ1n) is 9.14. The molecule has 0 fully saturated rings. The summed E-state index contributed by atoms with van der Waals surface area (Å²) in [5.41, 5.74) is 3.12. The molecule has 0 saturated carbocycles. The van der Waals surface area contributed by atoms with Gasteiger partial charge in [-0.2, -0.15) is 0 Å². The average Bonchev–Trinajstić information content (AvgIpc) is 3.19. The molecule has 3 aromatic rings. The van der Waals surface area contributed by atoms with E-state index in [2.05, 4.69) is 10.3 Å². The molecule has 4 rings (SSSR count). The number of hydrogen-bond donors (Lipinski definition) is 2. The van der Waals surface area contributed by atoms with Gasteiger partial charge in [0.05, 0.1) is 6.26 Å². The van der Waals surface area contributed by atoms with Gasteiger partial charge in [0.25, 0.3) is 11.5 Å². The summed E-state index contributed by atoms with van der Waals surface area (Å²) in [4.78, 5) is 40.5. The number of H-pyrrole nitrogens is 1. The van der Waals surface area contributed by atoms with Crippen molar-refractivity contribution in [3.8, 4) is 0 Å². The van der Waals surface area contributed by atoms with Crippen LogP contribution in [0.5, 0.6) is 0 Å². The van der Waals surface area contributed by atoms with Crippen molar-refractivity contribution in [3.05, 3.63) is 86.7 Å². The second kappa shape index (κ2) is 6.96. The summed E-state index contributed by atoms with van der Waals surface area (Å²) in [6.45, 7) is 3.93. The van der Waals surface area contributed by atoms with Gasteiger partial charge in [0.2, 0.25) is 0 Å². The lowest BCUT2D eigenvalue weighted by molar-refractivity contribution is 0.0959. The lowest BCUT2D eigenvalue weighted by atomic mass is 9.84. The number of amides is 1. The number of ketones is 1. The summed E-state index contributed by atoms with van der Waals surface area (Å²) < 4.78 is 5.40. The Hall–Kier alpha value is -3.41. The molecule has 1 atom stereocenters. The molecule has 1 aromatic carbocycles. The van der Waals surface area contributed by atoms with Crippen molar-refractivity contribution in [1.82, 2.24) is 4.98 Å². The van der Waals surface area contributed by atoms with Gasteiger partial charge in [-0.15, -0.1) is 0 Å². The minimum Gasteiger partial charge on any atom is -0.469 e. The quantitative estimate of drug-likeness (QED) is 0.728. The van der Waals surface area contributed by atoms with Crippen LogP contribution in [0.4, 0.5) is 5.69 Å². The minimum absolute atomic E-state index is 0.0678. The van der Waals surface area contributed by atoms with Crippen LogP contribution in [0.15, 0.2) is 51.9 Å². The molecule has 0 aliphatic heterocycles. The molecule has 2 heterocycles. The number of carbonyl (C=O) groups is 2. The molecule has 0 spiro atoms. The smallest absolute Gasteiger partial charge is 0.261 e. The van der Waals surface area contributed by atoms with Crippen molar-refractivity contribution >= 4 is 17.4 Å². The Morgan fingerprint density at radius 1 is 1.11 bits per heavy atom. The topological polar surface area (TPSA) is 92.2 Å². The van der Waals surface area contributed by atoms with Gasteiger partial charge in [0.15, 0.2) is 5.78 Å². The van der Waals surface area contributed by atoms with Gasteiger partial charge >= 0.3 is 0 Å². The van der Waals surface area contributed by atoms with Gasteiger partial charge in [-0.25, -0.2) is 0 Å². The Kier molecular flexibility index (Phi) is 4.47. The number of aryl methyl sites for hydroxylation is 2. The predicted octanol–water partition coefficient (Wildman–Crippen LogP) is 3.75. The third-order valence-corrected chi connectivity index (χ3v) is 5.26. The molecular weight excluding hydrogens is 356 g/mol. The molecule has 1 aliphatic rings. The van der Waals surface area contributed by atoms with E-state index in [1.807, 2.05) is 32.0 Å². The molecule has 2 N–H and O–H groups in total. The van der Waals surface area contributed by atoms with Crippen LogP contribution in [0.25, 0.3) is 0 Å². The number of anilines is 1. The molecule has 142 valence electrons. The first-order valence-corrected chi connectivity index (χ1v) is 9.14. The first-order chi connectivity index (χ1) is 13.4. The van der Waals surface area contributed by atoms with Crippen LogP contribution in [0, 0.1) is 13.8 Å². The van der Waals surface area contributed by atoms with E-state index in [1.165, 1.54) is 6.07 Å². The van der Waals surface area contributed by atoms with Gasteiger partial charge in [0.1, 0.15) is 11.3 Å². The summed E-state index contributed by atoms with van der Waals surface area (Å²) in [6.07, 6.45) is 2.34. The SMILES string of the molecule is Cc1ccc(NC(=O)c2cc3c([nH]c2=O)CC(c2ccco2)CC3=O)cc1C. The highest BCUT2D eigenvalue weighted by Gasteiger charge is 2.30. The predicted molar refractivity (Wildman–Crippen MR) is 105 cm³/mol. The van der Waals surface area contributed by atoms with Gasteiger partial charge in [-0.05, 0) is 61.7 Å². The maximum atomic E-state index is 12.6. The number of pyridine rings is 1. The number of aromatic nitrogens is 1. The zero-order valence-electron chi connectivity index (χ0n) is 15.7. The van der Waals surface area contributed by atoms with E-state index in [-0.39, 0.29) is 23.7 Å². The first kappa shape index (κ1) is 18.0.